The highest BCUT2D eigenvalue weighted by Gasteiger charge is 2.15. The van der Waals surface area contributed by atoms with Crippen LogP contribution in [0.4, 0.5) is 0 Å². The molecule has 0 fully saturated rings. The number of aromatic nitrogens is 2. The summed E-state index contributed by atoms with van der Waals surface area (Å²) in [5, 5.41) is 5.63. The second-order valence-electron chi connectivity index (χ2n) is 3.84. The molecule has 1 unspecified atom stereocenters. The van der Waals surface area contributed by atoms with Crippen LogP contribution in [-0.2, 0) is 19.4 Å². The number of aryl methyl sites for hydroxylation is 2. The molecule has 1 aromatic rings. The van der Waals surface area contributed by atoms with Crippen molar-refractivity contribution in [2.45, 2.75) is 40.2 Å². The minimum Gasteiger partial charge on any atom is -0.268 e. The Bertz CT molecular complexity index is 321. The number of rotatable bonds is 5. The van der Waals surface area contributed by atoms with Crippen molar-refractivity contribution in [2.75, 3.05) is 5.33 Å². The minimum atomic E-state index is 0.646. The lowest BCUT2D eigenvalue weighted by Gasteiger charge is -2.09. The Morgan fingerprint density at radius 2 is 2.07 bits per heavy atom. The second kappa shape index (κ2) is 6.04. The average molecular weight is 338 g/mol. The molecule has 0 spiro atoms. The van der Waals surface area contributed by atoms with Crippen molar-refractivity contribution >= 4 is 31.9 Å². The Balaban J connectivity index is 2.97. The van der Waals surface area contributed by atoms with Gasteiger partial charge in [-0.3, -0.25) is 4.68 Å². The van der Waals surface area contributed by atoms with E-state index in [2.05, 4.69) is 62.4 Å². The standard InChI is InChI=1S/C11H18Br2N2/c1-4-9-11(13)10(6-8(3)7-12)15(5-2)14-9/h8H,4-7H2,1-3H3. The van der Waals surface area contributed by atoms with Crippen LogP contribution in [0, 0.1) is 5.92 Å². The fourth-order valence-electron chi connectivity index (χ4n) is 1.60. The highest BCUT2D eigenvalue weighted by molar-refractivity contribution is 9.10. The van der Waals surface area contributed by atoms with E-state index < -0.39 is 0 Å². The number of alkyl halides is 1. The highest BCUT2D eigenvalue weighted by Crippen LogP contribution is 2.25. The lowest BCUT2D eigenvalue weighted by atomic mass is 10.1. The maximum absolute atomic E-state index is 4.59. The first kappa shape index (κ1) is 13.2. The first-order chi connectivity index (χ1) is 7.13. The van der Waals surface area contributed by atoms with E-state index in [-0.39, 0.29) is 0 Å². The summed E-state index contributed by atoms with van der Waals surface area (Å²) in [6, 6.07) is 0. The summed E-state index contributed by atoms with van der Waals surface area (Å²) >= 11 is 7.18. The molecule has 0 N–H and O–H groups in total. The van der Waals surface area contributed by atoms with Gasteiger partial charge in [0.05, 0.1) is 15.9 Å². The molecular weight excluding hydrogens is 320 g/mol. The molecule has 1 rings (SSSR count). The van der Waals surface area contributed by atoms with Gasteiger partial charge < -0.3 is 0 Å². The maximum Gasteiger partial charge on any atom is 0.0766 e. The van der Waals surface area contributed by atoms with Gasteiger partial charge in [-0.15, -0.1) is 0 Å². The largest absolute Gasteiger partial charge is 0.268 e. The molecule has 15 heavy (non-hydrogen) atoms. The molecule has 0 aliphatic carbocycles. The van der Waals surface area contributed by atoms with Crippen molar-refractivity contribution in [3.8, 4) is 0 Å². The summed E-state index contributed by atoms with van der Waals surface area (Å²) in [5.74, 6) is 0.646. The van der Waals surface area contributed by atoms with Crippen LogP contribution in [0.1, 0.15) is 32.2 Å². The fraction of sp³-hybridized carbons (Fsp3) is 0.727. The van der Waals surface area contributed by atoms with Gasteiger partial charge >= 0.3 is 0 Å². The Morgan fingerprint density at radius 3 is 2.53 bits per heavy atom. The summed E-state index contributed by atoms with van der Waals surface area (Å²) < 4.78 is 3.32. The van der Waals surface area contributed by atoms with Crippen molar-refractivity contribution in [1.82, 2.24) is 9.78 Å². The lowest BCUT2D eigenvalue weighted by Crippen LogP contribution is -2.08. The van der Waals surface area contributed by atoms with Gasteiger partial charge in [0.25, 0.3) is 0 Å². The van der Waals surface area contributed by atoms with Crippen LogP contribution in [0.25, 0.3) is 0 Å². The van der Waals surface area contributed by atoms with Gasteiger partial charge in [0.15, 0.2) is 0 Å². The third-order valence-electron chi connectivity index (χ3n) is 2.50. The lowest BCUT2D eigenvalue weighted by molar-refractivity contribution is 0.565. The molecule has 0 bridgehead atoms. The van der Waals surface area contributed by atoms with Crippen molar-refractivity contribution in [2.24, 2.45) is 5.92 Å². The SMILES string of the molecule is CCc1nn(CC)c(CC(C)CBr)c1Br. The number of hydrogen-bond acceptors (Lipinski definition) is 1. The molecule has 0 radical (unpaired) electrons. The van der Waals surface area contributed by atoms with Crippen LogP contribution >= 0.6 is 31.9 Å². The molecule has 0 amide bonds. The molecule has 0 saturated carbocycles. The molecule has 1 aromatic heterocycles. The normalized spacial score (nSPS) is 13.1. The first-order valence-electron chi connectivity index (χ1n) is 5.43. The van der Waals surface area contributed by atoms with Gasteiger partial charge in [-0.05, 0) is 41.6 Å². The third-order valence-corrected chi connectivity index (χ3v) is 4.52. The van der Waals surface area contributed by atoms with E-state index in [1.54, 1.807) is 0 Å². The Labute approximate surface area is 109 Å². The average Bonchev–Trinajstić information content (AvgIpc) is 2.55. The quantitative estimate of drug-likeness (QED) is 0.747. The van der Waals surface area contributed by atoms with Gasteiger partial charge in [0.1, 0.15) is 0 Å². The van der Waals surface area contributed by atoms with Crippen LogP contribution in [0.5, 0.6) is 0 Å². The second-order valence-corrected chi connectivity index (χ2v) is 5.28. The summed E-state index contributed by atoms with van der Waals surface area (Å²) in [4.78, 5) is 0. The molecular formula is C11H18Br2N2. The summed E-state index contributed by atoms with van der Waals surface area (Å²) in [6.45, 7) is 7.48. The van der Waals surface area contributed by atoms with E-state index in [4.69, 9.17) is 0 Å². The third kappa shape index (κ3) is 3.06. The number of nitrogens with zero attached hydrogens (tertiary/aromatic N) is 2. The molecule has 0 aromatic carbocycles. The monoisotopic (exact) mass is 336 g/mol. The summed E-state index contributed by atoms with van der Waals surface area (Å²) in [5.41, 5.74) is 2.51. The van der Waals surface area contributed by atoms with E-state index >= 15 is 0 Å². The predicted octanol–water partition coefficient (Wildman–Crippen LogP) is 3.80. The van der Waals surface area contributed by atoms with Gasteiger partial charge in [-0.25, -0.2) is 0 Å². The number of halogens is 2. The smallest absolute Gasteiger partial charge is 0.0766 e. The molecule has 1 atom stereocenters. The molecule has 0 aliphatic rings. The molecule has 0 aliphatic heterocycles. The van der Waals surface area contributed by atoms with Crippen molar-refractivity contribution in [3.63, 3.8) is 0 Å². The zero-order chi connectivity index (χ0) is 11.4. The van der Waals surface area contributed by atoms with E-state index in [1.807, 2.05) is 0 Å². The van der Waals surface area contributed by atoms with Gasteiger partial charge in [0, 0.05) is 11.9 Å². The summed E-state index contributed by atoms with van der Waals surface area (Å²) in [7, 11) is 0. The predicted molar refractivity (Wildman–Crippen MR) is 71.6 cm³/mol. The van der Waals surface area contributed by atoms with Crippen molar-refractivity contribution < 1.29 is 0 Å². The molecule has 86 valence electrons. The number of hydrogen-bond donors (Lipinski definition) is 0. The highest BCUT2D eigenvalue weighted by atomic mass is 79.9. The van der Waals surface area contributed by atoms with E-state index in [0.717, 1.165) is 24.7 Å². The van der Waals surface area contributed by atoms with Crippen molar-refractivity contribution in [1.29, 1.82) is 0 Å². The van der Waals surface area contributed by atoms with Crippen LogP contribution in [0.2, 0.25) is 0 Å². The molecule has 4 heteroatoms. The summed E-state index contributed by atoms with van der Waals surface area (Å²) in [6.07, 6.45) is 2.07. The van der Waals surface area contributed by atoms with E-state index in [1.165, 1.54) is 15.9 Å². The minimum absolute atomic E-state index is 0.646. The Morgan fingerprint density at radius 1 is 1.40 bits per heavy atom. The zero-order valence-electron chi connectivity index (χ0n) is 9.56. The topological polar surface area (TPSA) is 17.8 Å². The molecule has 0 saturated heterocycles. The van der Waals surface area contributed by atoms with Gasteiger partial charge in [-0.2, -0.15) is 5.10 Å². The zero-order valence-corrected chi connectivity index (χ0v) is 12.7. The van der Waals surface area contributed by atoms with Gasteiger partial charge in [-0.1, -0.05) is 29.8 Å². The Hall–Kier alpha value is 0.170. The van der Waals surface area contributed by atoms with E-state index in [0.29, 0.717) is 5.92 Å². The van der Waals surface area contributed by atoms with Crippen LogP contribution in [-0.4, -0.2) is 15.1 Å². The Kier molecular flexibility index (Phi) is 5.33. The fourth-order valence-corrected chi connectivity index (χ4v) is 2.55. The molecule has 1 heterocycles. The maximum atomic E-state index is 4.59. The van der Waals surface area contributed by atoms with Crippen LogP contribution < -0.4 is 0 Å². The first-order valence-corrected chi connectivity index (χ1v) is 7.35. The van der Waals surface area contributed by atoms with E-state index in [9.17, 15) is 0 Å². The molecule has 2 nitrogen and oxygen atoms in total. The van der Waals surface area contributed by atoms with Crippen LogP contribution in [0.15, 0.2) is 4.47 Å². The van der Waals surface area contributed by atoms with Crippen molar-refractivity contribution in [3.05, 3.63) is 15.9 Å². The van der Waals surface area contributed by atoms with Crippen LogP contribution in [0.3, 0.4) is 0 Å². The van der Waals surface area contributed by atoms with Gasteiger partial charge in [0.2, 0.25) is 0 Å².